The van der Waals surface area contributed by atoms with Crippen LogP contribution in [0.3, 0.4) is 0 Å². The zero-order chi connectivity index (χ0) is 20.2. The van der Waals surface area contributed by atoms with Crippen LogP contribution in [0.15, 0.2) is 66.7 Å². The van der Waals surface area contributed by atoms with Crippen LogP contribution in [0.4, 0.5) is 0 Å². The average Bonchev–Trinajstić information content (AvgIpc) is 2.70. The molecule has 148 valence electrons. The largest absolute Gasteiger partial charge is 0.465 e. The predicted octanol–water partition coefficient (Wildman–Crippen LogP) is 3.70. The van der Waals surface area contributed by atoms with Gasteiger partial charge in [-0.05, 0) is 25.0 Å². The molecular weight excluding hydrogens is 354 g/mol. The molecule has 2 aromatic rings. The van der Waals surface area contributed by atoms with Gasteiger partial charge in [0, 0.05) is 6.54 Å². The van der Waals surface area contributed by atoms with E-state index in [-0.39, 0.29) is 19.1 Å². The lowest BCUT2D eigenvalue weighted by atomic mass is 10.1. The Balaban J connectivity index is 2.30. The predicted molar refractivity (Wildman–Crippen MR) is 109 cm³/mol. The van der Waals surface area contributed by atoms with E-state index in [1.54, 1.807) is 24.8 Å². The molecule has 0 aliphatic carbocycles. The molecule has 28 heavy (non-hydrogen) atoms. The first-order valence-electron chi connectivity index (χ1n) is 9.47. The van der Waals surface area contributed by atoms with E-state index in [0.29, 0.717) is 13.2 Å². The molecule has 0 amide bonds. The topological polar surface area (TPSA) is 55.8 Å². The fourth-order valence-corrected chi connectivity index (χ4v) is 2.79. The summed E-state index contributed by atoms with van der Waals surface area (Å²) in [5.41, 5.74) is 1.96. The number of benzene rings is 2. The zero-order valence-electron chi connectivity index (χ0n) is 16.4. The molecule has 0 saturated heterocycles. The van der Waals surface area contributed by atoms with Crippen molar-refractivity contribution in [2.45, 2.75) is 26.4 Å². The highest BCUT2D eigenvalue weighted by Crippen LogP contribution is 2.13. The van der Waals surface area contributed by atoms with E-state index in [4.69, 9.17) is 9.47 Å². The first-order chi connectivity index (χ1) is 13.6. The molecule has 0 radical (unpaired) electrons. The third-order valence-corrected chi connectivity index (χ3v) is 4.06. The third-order valence-electron chi connectivity index (χ3n) is 4.06. The van der Waals surface area contributed by atoms with Gasteiger partial charge in [0.25, 0.3) is 0 Å². The van der Waals surface area contributed by atoms with Crippen LogP contribution in [0.1, 0.15) is 25.0 Å². The highest BCUT2D eigenvalue weighted by Gasteiger charge is 2.27. The highest BCUT2D eigenvalue weighted by molar-refractivity contribution is 5.81. The summed E-state index contributed by atoms with van der Waals surface area (Å²) >= 11 is 0. The van der Waals surface area contributed by atoms with Gasteiger partial charge in [-0.25, -0.2) is 0 Å². The van der Waals surface area contributed by atoms with Crippen molar-refractivity contribution in [1.82, 2.24) is 4.90 Å². The van der Waals surface area contributed by atoms with Crippen molar-refractivity contribution >= 4 is 18.0 Å². The first-order valence-corrected chi connectivity index (χ1v) is 9.47. The summed E-state index contributed by atoms with van der Waals surface area (Å²) < 4.78 is 10.4. The van der Waals surface area contributed by atoms with Crippen molar-refractivity contribution in [1.29, 1.82) is 0 Å². The Hall–Kier alpha value is -2.92. The van der Waals surface area contributed by atoms with Gasteiger partial charge >= 0.3 is 11.9 Å². The van der Waals surface area contributed by atoms with Gasteiger partial charge in [-0.3, -0.25) is 14.5 Å². The zero-order valence-corrected chi connectivity index (χ0v) is 16.4. The first kappa shape index (κ1) is 21.4. The second-order valence-electron chi connectivity index (χ2n) is 6.16. The molecule has 0 heterocycles. The second-order valence-corrected chi connectivity index (χ2v) is 6.16. The van der Waals surface area contributed by atoms with Gasteiger partial charge in [-0.2, -0.15) is 0 Å². The maximum absolute atomic E-state index is 12.7. The number of carbonyl (C=O) groups excluding carboxylic acids is 2. The van der Waals surface area contributed by atoms with Crippen molar-refractivity contribution in [3.63, 3.8) is 0 Å². The van der Waals surface area contributed by atoms with E-state index < -0.39 is 12.0 Å². The summed E-state index contributed by atoms with van der Waals surface area (Å²) in [5.74, 6) is -0.768. The fourth-order valence-electron chi connectivity index (χ4n) is 2.79. The van der Waals surface area contributed by atoms with Crippen molar-refractivity contribution in [2.24, 2.45) is 0 Å². The summed E-state index contributed by atoms with van der Waals surface area (Å²) in [6.45, 7) is 4.50. The second kappa shape index (κ2) is 11.7. The molecule has 0 bridgehead atoms. The van der Waals surface area contributed by atoms with Crippen LogP contribution in [-0.2, 0) is 25.6 Å². The van der Waals surface area contributed by atoms with E-state index in [9.17, 15) is 9.59 Å². The number of carbonyl (C=O) groups is 2. The minimum atomic E-state index is -0.704. The number of esters is 2. The lowest BCUT2D eigenvalue weighted by molar-refractivity contribution is -0.151. The standard InChI is InChI=1S/C23H27NO4/c1-3-27-22(25)18-24(17-20-13-9-6-10-14-20)21(23(26)28-4-2)16-15-19-11-7-5-8-12-19/h5-16,21H,3-4,17-18H2,1-2H3/b16-15+. The molecule has 0 spiro atoms. The monoisotopic (exact) mass is 381 g/mol. The maximum Gasteiger partial charge on any atom is 0.327 e. The molecule has 0 fully saturated rings. The van der Waals surface area contributed by atoms with E-state index in [2.05, 4.69) is 0 Å². The number of nitrogens with zero attached hydrogens (tertiary/aromatic N) is 1. The van der Waals surface area contributed by atoms with Crippen LogP contribution in [0.25, 0.3) is 6.08 Å². The number of hydrogen-bond acceptors (Lipinski definition) is 5. The van der Waals surface area contributed by atoms with Crippen molar-refractivity contribution in [3.05, 3.63) is 77.9 Å². The number of hydrogen-bond donors (Lipinski definition) is 0. The normalized spacial score (nSPS) is 12.1. The van der Waals surface area contributed by atoms with E-state index in [1.165, 1.54) is 0 Å². The van der Waals surface area contributed by atoms with Crippen LogP contribution >= 0.6 is 0 Å². The van der Waals surface area contributed by atoms with Crippen LogP contribution in [0, 0.1) is 0 Å². The molecule has 1 atom stereocenters. The molecule has 0 aromatic heterocycles. The molecular formula is C23H27NO4. The van der Waals surface area contributed by atoms with Crippen molar-refractivity contribution in [3.8, 4) is 0 Å². The van der Waals surface area contributed by atoms with Crippen LogP contribution in [0.2, 0.25) is 0 Å². The summed E-state index contributed by atoms with van der Waals surface area (Å²) in [6.07, 6.45) is 3.64. The molecule has 0 N–H and O–H groups in total. The van der Waals surface area contributed by atoms with Gasteiger partial charge in [0.05, 0.1) is 19.8 Å². The fraction of sp³-hybridized carbons (Fsp3) is 0.304. The van der Waals surface area contributed by atoms with E-state index in [0.717, 1.165) is 11.1 Å². The lowest BCUT2D eigenvalue weighted by Gasteiger charge is -2.27. The number of rotatable bonds is 10. The summed E-state index contributed by atoms with van der Waals surface area (Å²) in [7, 11) is 0. The molecule has 5 heteroatoms. The summed E-state index contributed by atoms with van der Waals surface area (Å²) in [6, 6.07) is 18.7. The van der Waals surface area contributed by atoms with Crippen LogP contribution < -0.4 is 0 Å². The van der Waals surface area contributed by atoms with Gasteiger partial charge in [-0.15, -0.1) is 0 Å². The lowest BCUT2D eigenvalue weighted by Crippen LogP contribution is -2.43. The van der Waals surface area contributed by atoms with Gasteiger partial charge in [-0.1, -0.05) is 72.8 Å². The Labute approximate surface area is 166 Å². The van der Waals surface area contributed by atoms with Gasteiger partial charge in [0.15, 0.2) is 0 Å². The van der Waals surface area contributed by atoms with Gasteiger partial charge < -0.3 is 9.47 Å². The maximum atomic E-state index is 12.7. The average molecular weight is 381 g/mol. The Bertz CT molecular complexity index is 759. The number of ether oxygens (including phenoxy) is 2. The quantitative estimate of drug-likeness (QED) is 0.588. The Morgan fingerprint density at radius 1 is 0.929 bits per heavy atom. The molecule has 2 rings (SSSR count). The van der Waals surface area contributed by atoms with Crippen molar-refractivity contribution in [2.75, 3.05) is 19.8 Å². The Morgan fingerprint density at radius 2 is 1.54 bits per heavy atom. The molecule has 5 nitrogen and oxygen atoms in total. The van der Waals surface area contributed by atoms with Crippen LogP contribution in [0.5, 0.6) is 0 Å². The van der Waals surface area contributed by atoms with E-state index in [1.807, 2.05) is 66.7 Å². The van der Waals surface area contributed by atoms with Crippen molar-refractivity contribution < 1.29 is 19.1 Å². The van der Waals surface area contributed by atoms with Crippen LogP contribution in [-0.4, -0.2) is 42.6 Å². The molecule has 0 aliphatic heterocycles. The minimum Gasteiger partial charge on any atom is -0.465 e. The molecule has 2 aromatic carbocycles. The SMILES string of the molecule is CCOC(=O)CN(Cc1ccccc1)C(/C=C/c1ccccc1)C(=O)OCC. The Kier molecular flexibility index (Phi) is 8.95. The molecule has 1 unspecified atom stereocenters. The third kappa shape index (κ3) is 7.00. The molecule has 0 saturated carbocycles. The summed E-state index contributed by atoms with van der Waals surface area (Å²) in [4.78, 5) is 26.6. The highest BCUT2D eigenvalue weighted by atomic mass is 16.5. The Morgan fingerprint density at radius 3 is 2.14 bits per heavy atom. The smallest absolute Gasteiger partial charge is 0.327 e. The summed E-state index contributed by atoms with van der Waals surface area (Å²) in [5, 5.41) is 0. The van der Waals surface area contributed by atoms with Gasteiger partial charge in [0.1, 0.15) is 6.04 Å². The van der Waals surface area contributed by atoms with Gasteiger partial charge in [0.2, 0.25) is 0 Å². The van der Waals surface area contributed by atoms with E-state index >= 15 is 0 Å². The molecule has 0 aliphatic rings. The minimum absolute atomic E-state index is 0.00859.